The first-order valence-electron chi connectivity index (χ1n) is 18.8. The predicted molar refractivity (Wildman–Crippen MR) is 212 cm³/mol. The smallest absolute Gasteiger partial charge is 0.393 e. The molecule has 2 aromatic heterocycles. The molecule has 9 atom stereocenters. The van der Waals surface area contributed by atoms with Crippen LogP contribution in [0.25, 0.3) is 11.2 Å². The van der Waals surface area contributed by atoms with Crippen molar-refractivity contribution in [3.8, 4) is 0 Å². The number of amides is 2. The molecule has 348 valence electrons. The number of hydrogen-bond donors (Lipinski definition) is 11. The van der Waals surface area contributed by atoms with E-state index in [2.05, 4.69) is 34.4 Å². The molecule has 9 unspecified atom stereocenters. The van der Waals surface area contributed by atoms with Crippen LogP contribution in [0, 0.1) is 5.41 Å². The number of aliphatic hydroxyl groups excluding tert-OH is 4. The number of fused-ring (bicyclic) bond motifs is 1. The van der Waals surface area contributed by atoms with Gasteiger partial charge in [0.25, 0.3) is 0 Å². The van der Waals surface area contributed by atoms with Gasteiger partial charge < -0.3 is 61.1 Å². The second kappa shape index (κ2) is 23.4. The number of nitrogens with zero attached hydrogens (tertiary/aromatic N) is 4. The van der Waals surface area contributed by atoms with Crippen molar-refractivity contribution in [1.82, 2.24) is 30.2 Å². The summed E-state index contributed by atoms with van der Waals surface area (Å²) in [5, 5.41) is 45.9. The fraction of sp³-hybridized carbons (Fsp3) is 0.742. The number of phosphoric acid groups is 3. The van der Waals surface area contributed by atoms with Crippen molar-refractivity contribution in [3.05, 3.63) is 12.7 Å². The lowest BCUT2D eigenvalue weighted by molar-refractivity contribution is -0.137. The summed E-state index contributed by atoms with van der Waals surface area (Å²) in [5.74, 6) is -1.31. The Morgan fingerprint density at radius 2 is 1.66 bits per heavy atom. The Morgan fingerprint density at radius 1 is 0.984 bits per heavy atom. The zero-order chi connectivity index (χ0) is 45.8. The number of phosphoric ester groups is 3. The van der Waals surface area contributed by atoms with Crippen LogP contribution < -0.4 is 16.4 Å². The van der Waals surface area contributed by atoms with Gasteiger partial charge in [-0.3, -0.25) is 32.5 Å². The van der Waals surface area contributed by atoms with Crippen molar-refractivity contribution in [3.63, 3.8) is 0 Å². The van der Waals surface area contributed by atoms with Gasteiger partial charge in [-0.2, -0.15) is 4.31 Å². The average molecular weight is 954 g/mol. The first kappa shape index (κ1) is 52.8. The minimum atomic E-state index is -5.59. The molecule has 1 aliphatic rings. The zero-order valence-corrected chi connectivity index (χ0v) is 36.9. The second-order valence-electron chi connectivity index (χ2n) is 14.5. The average Bonchev–Trinajstić information content (AvgIpc) is 3.71. The van der Waals surface area contributed by atoms with Crippen molar-refractivity contribution in [1.29, 1.82) is 0 Å². The number of imidazole rings is 1. The summed E-state index contributed by atoms with van der Waals surface area (Å²) in [4.78, 5) is 87.9. The third-order valence-corrected chi connectivity index (χ3v) is 12.9. The van der Waals surface area contributed by atoms with Gasteiger partial charge in [0.05, 0.1) is 31.7 Å². The normalized spacial score (nSPS) is 22.0. The summed E-state index contributed by atoms with van der Waals surface area (Å²) in [6.07, 6.45) is -5.33. The molecule has 1 fully saturated rings. The maximum Gasteiger partial charge on any atom is 0.481 e. The molecule has 0 saturated carbocycles. The van der Waals surface area contributed by atoms with E-state index < -0.39 is 96.8 Å². The number of nitrogens with one attached hydrogen (secondary N) is 2. The minimum Gasteiger partial charge on any atom is -0.393 e. The van der Waals surface area contributed by atoms with Crippen LogP contribution in [0.15, 0.2) is 12.7 Å². The third kappa shape index (κ3) is 17.5. The molecule has 0 bridgehead atoms. The molecule has 0 radical (unpaired) electrons. The van der Waals surface area contributed by atoms with Gasteiger partial charge in [-0.15, -0.1) is 0 Å². The van der Waals surface area contributed by atoms with Crippen molar-refractivity contribution >= 4 is 69.1 Å². The van der Waals surface area contributed by atoms with E-state index in [0.717, 1.165) is 35.4 Å². The fourth-order valence-corrected chi connectivity index (χ4v) is 9.29. The lowest BCUT2D eigenvalue weighted by atomic mass is 9.87. The Kier molecular flexibility index (Phi) is 20.3. The number of aliphatic hydroxyl groups is 4. The van der Waals surface area contributed by atoms with Crippen molar-refractivity contribution in [2.24, 2.45) is 5.41 Å². The van der Waals surface area contributed by atoms with Crippen LogP contribution in [0.4, 0.5) is 5.82 Å². The molecule has 26 nitrogen and oxygen atoms in total. The van der Waals surface area contributed by atoms with Crippen LogP contribution in [0.3, 0.4) is 0 Å². The highest BCUT2D eigenvalue weighted by atomic mass is 32.2. The number of nitrogen functional groups attached to an aromatic ring is 1. The van der Waals surface area contributed by atoms with E-state index in [0.29, 0.717) is 25.7 Å². The summed E-state index contributed by atoms with van der Waals surface area (Å²) in [7, 11) is -16.4. The molecule has 0 aliphatic carbocycles. The predicted octanol–water partition coefficient (Wildman–Crippen LogP) is -0.253. The second-order valence-corrected chi connectivity index (χ2v) is 19.9. The van der Waals surface area contributed by atoms with Crippen LogP contribution >= 0.6 is 35.2 Å². The van der Waals surface area contributed by atoms with Gasteiger partial charge in [0.2, 0.25) is 11.8 Å². The first-order chi connectivity index (χ1) is 28.3. The highest BCUT2D eigenvalue weighted by molar-refractivity contribution is 8.13. The number of aromatic nitrogens is 4. The third-order valence-electron chi connectivity index (χ3n) is 8.86. The van der Waals surface area contributed by atoms with E-state index in [1.54, 1.807) is 0 Å². The maximum absolute atomic E-state index is 12.7. The van der Waals surface area contributed by atoms with Gasteiger partial charge in [0, 0.05) is 37.1 Å². The van der Waals surface area contributed by atoms with Crippen LogP contribution in [-0.4, -0.2) is 145 Å². The number of carbonyl (C=O) groups excluding carboxylic acids is 3. The van der Waals surface area contributed by atoms with E-state index in [4.69, 9.17) is 19.5 Å². The number of ether oxygens (including phenoxy) is 1. The summed E-state index contributed by atoms with van der Waals surface area (Å²) in [6.45, 7) is 2.26. The molecule has 0 spiro atoms. The summed E-state index contributed by atoms with van der Waals surface area (Å²) in [5.41, 5.74) is 4.22. The summed E-state index contributed by atoms with van der Waals surface area (Å²) in [6, 6.07) is 0. The Morgan fingerprint density at radius 3 is 2.33 bits per heavy atom. The minimum absolute atomic E-state index is 0.0229. The molecule has 61 heavy (non-hydrogen) atoms. The van der Waals surface area contributed by atoms with Gasteiger partial charge in [-0.1, -0.05) is 39.0 Å². The van der Waals surface area contributed by atoms with E-state index >= 15 is 0 Å². The van der Waals surface area contributed by atoms with Gasteiger partial charge in [-0.25, -0.2) is 28.6 Å². The van der Waals surface area contributed by atoms with Crippen LogP contribution in [0.2, 0.25) is 0 Å². The summed E-state index contributed by atoms with van der Waals surface area (Å²) >= 11 is 0.937. The number of nitrogens with two attached hydrogens (primary N) is 1. The Hall–Kier alpha value is -2.52. The monoisotopic (exact) mass is 953 g/mol. The molecule has 1 saturated heterocycles. The Labute approximate surface area is 353 Å². The molecule has 1 aliphatic heterocycles. The quantitative estimate of drug-likeness (QED) is 0.0406. The van der Waals surface area contributed by atoms with Crippen molar-refractivity contribution in [2.45, 2.75) is 109 Å². The van der Waals surface area contributed by atoms with E-state index in [1.807, 2.05) is 6.92 Å². The fourth-order valence-electron chi connectivity index (χ4n) is 5.72. The standard InChI is InChI=1S/C31H54N7O19P3S/c1-4-6-18(39)7-5-8-19(40)13-22(42)61-12-11-33-21(41)9-10-34-29(45)26(44)31(2,3)15-54-60(51,52)57-59(49,50)53-14-20-25(56-58(46,47)48)24(43)30(55-20)38-17-37-23-27(32)35-16-36-28(23)38/h16-20,24-26,30,39-40,43-44H,4-15H2,1-3H3,(H,33,41)(H,34,45)(H,49,50)(H,51,52)(H2,32,35,36)(H2,46,47,48). The van der Waals surface area contributed by atoms with E-state index in [1.165, 1.54) is 13.8 Å². The number of anilines is 1. The van der Waals surface area contributed by atoms with Gasteiger partial charge in [0.1, 0.15) is 36.3 Å². The summed E-state index contributed by atoms with van der Waals surface area (Å²) < 4.78 is 62.2. The number of thioether (sulfide) groups is 1. The van der Waals surface area contributed by atoms with Gasteiger partial charge in [-0.05, 0) is 25.7 Å². The highest BCUT2D eigenvalue weighted by Gasteiger charge is 2.50. The highest BCUT2D eigenvalue weighted by Crippen LogP contribution is 2.61. The van der Waals surface area contributed by atoms with Crippen molar-refractivity contribution < 1.29 is 90.7 Å². The molecular formula is C31H54N7O19P3S. The number of carbonyl (C=O) groups is 3. The molecule has 3 rings (SSSR count). The SMILES string of the molecule is CCCC(O)CCCC(O)CC(=O)SCCNC(=O)CCNC(=O)C(O)C(C)(C)COP(=O)(O)OP(=O)(O)OCC1OC(n2cnc3c(N)ncnc32)C(O)C1OP(=O)(O)O. The molecule has 30 heteroatoms. The largest absolute Gasteiger partial charge is 0.481 e. The molecule has 0 aromatic carbocycles. The maximum atomic E-state index is 12.7. The molecule has 2 amide bonds. The lowest BCUT2D eigenvalue weighted by Gasteiger charge is -2.30. The zero-order valence-electron chi connectivity index (χ0n) is 33.4. The van der Waals surface area contributed by atoms with Crippen LogP contribution in [-0.2, 0) is 50.7 Å². The Balaban J connectivity index is 1.41. The molecule has 12 N–H and O–H groups in total. The topological polar surface area (TPSA) is 404 Å². The van der Waals surface area contributed by atoms with Crippen molar-refractivity contribution in [2.75, 3.05) is 37.8 Å². The lowest BCUT2D eigenvalue weighted by Crippen LogP contribution is -2.46. The molecule has 3 heterocycles. The van der Waals surface area contributed by atoms with E-state index in [9.17, 15) is 68.1 Å². The Bertz CT molecular complexity index is 1920. The number of rotatable bonds is 27. The van der Waals surface area contributed by atoms with Gasteiger partial charge >= 0.3 is 23.5 Å². The number of hydrogen-bond acceptors (Lipinski definition) is 20. The molecule has 2 aromatic rings. The van der Waals surface area contributed by atoms with Crippen LogP contribution in [0.5, 0.6) is 0 Å². The molecular weight excluding hydrogens is 899 g/mol. The first-order valence-corrected chi connectivity index (χ1v) is 24.3. The van der Waals surface area contributed by atoms with E-state index in [-0.39, 0.29) is 53.8 Å². The van der Waals surface area contributed by atoms with Gasteiger partial charge in [0.15, 0.2) is 22.8 Å². The van der Waals surface area contributed by atoms with Crippen LogP contribution in [0.1, 0.15) is 71.9 Å².